The van der Waals surface area contributed by atoms with Crippen molar-refractivity contribution in [3.8, 4) is 5.75 Å². The molecule has 0 bridgehead atoms. The summed E-state index contributed by atoms with van der Waals surface area (Å²) in [7, 11) is 0. The number of nitrogens with two attached hydrogens (primary N) is 1. The molecule has 0 fully saturated rings. The fraction of sp³-hybridized carbons (Fsp3) is 0.448. The van der Waals surface area contributed by atoms with Gasteiger partial charge in [-0.05, 0) is 25.0 Å². The van der Waals surface area contributed by atoms with Crippen molar-refractivity contribution in [2.24, 2.45) is 11.7 Å². The van der Waals surface area contributed by atoms with Gasteiger partial charge < -0.3 is 37.1 Å². The van der Waals surface area contributed by atoms with Gasteiger partial charge in [-0.25, -0.2) is 0 Å². The van der Waals surface area contributed by atoms with E-state index < -0.39 is 72.5 Å². The standard InChI is InChI=1S/C29H38N8O7/c1-16(2)25-29(43)34-17(3)15-44-22-7-5-4-6-19(22)26(40)36-21(27(41)33-9-8-18-14-31-10-11-32-18)13-24(39)35-20(12-23(30)38)28(42)37-25/h4-7,10-11,14,16-17,20-21,25H,8-9,12-13,15H2,1-3H3,(H2,30,38)(H,33,41)(H,34,43)(H,35,39)(H,36,40)(H,37,42)/t17-,20-,21-,25+/m0/s1. The van der Waals surface area contributed by atoms with Crippen molar-refractivity contribution in [1.82, 2.24) is 36.6 Å². The number of amides is 6. The lowest BCUT2D eigenvalue weighted by molar-refractivity contribution is -0.135. The zero-order chi connectivity index (χ0) is 32.2. The molecule has 0 saturated carbocycles. The van der Waals surface area contributed by atoms with E-state index in [2.05, 4.69) is 36.6 Å². The molecular formula is C29H38N8O7. The van der Waals surface area contributed by atoms with Crippen LogP contribution in [0.15, 0.2) is 42.9 Å². The lowest BCUT2D eigenvalue weighted by Gasteiger charge is -2.26. The number of para-hydroxylation sites is 1. The number of benzene rings is 1. The number of fused-ring (bicyclic) bond motifs is 1. The molecule has 15 heteroatoms. The van der Waals surface area contributed by atoms with Crippen molar-refractivity contribution in [2.45, 2.75) is 64.2 Å². The smallest absolute Gasteiger partial charge is 0.255 e. The molecule has 1 aliphatic rings. The number of nitrogens with one attached hydrogen (secondary N) is 5. The van der Waals surface area contributed by atoms with Gasteiger partial charge in [-0.2, -0.15) is 0 Å². The average molecular weight is 611 g/mol. The Bertz CT molecular complexity index is 1350. The number of carbonyl (C=O) groups is 6. The molecule has 0 saturated heterocycles. The van der Waals surface area contributed by atoms with Crippen molar-refractivity contribution < 1.29 is 33.5 Å². The minimum Gasteiger partial charge on any atom is -0.491 e. The quantitative estimate of drug-likeness (QED) is 0.219. The summed E-state index contributed by atoms with van der Waals surface area (Å²) in [5.74, 6) is -4.58. The van der Waals surface area contributed by atoms with E-state index in [1.54, 1.807) is 45.2 Å². The van der Waals surface area contributed by atoms with Crippen molar-refractivity contribution in [3.63, 3.8) is 0 Å². The Hall–Kier alpha value is -5.08. The first-order chi connectivity index (χ1) is 20.9. The van der Waals surface area contributed by atoms with Gasteiger partial charge in [0.05, 0.1) is 30.1 Å². The summed E-state index contributed by atoms with van der Waals surface area (Å²) in [5, 5.41) is 13.0. The topological polar surface area (TPSA) is 224 Å². The van der Waals surface area contributed by atoms with Crippen LogP contribution in [0.4, 0.5) is 0 Å². The fourth-order valence-corrected chi connectivity index (χ4v) is 4.35. The number of hydrogen-bond acceptors (Lipinski definition) is 9. The number of rotatable bonds is 7. The normalized spacial score (nSPS) is 21.8. The first-order valence-electron chi connectivity index (χ1n) is 14.2. The van der Waals surface area contributed by atoms with Gasteiger partial charge >= 0.3 is 0 Å². The molecule has 1 aromatic heterocycles. The van der Waals surface area contributed by atoms with Crippen LogP contribution < -0.4 is 37.1 Å². The molecule has 2 aromatic rings. The second-order valence-electron chi connectivity index (χ2n) is 10.7. The minimum atomic E-state index is -1.44. The Morgan fingerprint density at radius 1 is 1.05 bits per heavy atom. The van der Waals surface area contributed by atoms with Crippen molar-refractivity contribution in [1.29, 1.82) is 0 Å². The van der Waals surface area contributed by atoms with Gasteiger partial charge in [0.25, 0.3) is 5.91 Å². The van der Waals surface area contributed by atoms with Crippen molar-refractivity contribution in [3.05, 3.63) is 54.1 Å². The van der Waals surface area contributed by atoms with Crippen molar-refractivity contribution in [2.75, 3.05) is 13.2 Å². The Morgan fingerprint density at radius 3 is 2.48 bits per heavy atom. The molecule has 1 aliphatic heterocycles. The number of nitrogens with zero attached hydrogens (tertiary/aromatic N) is 2. The largest absolute Gasteiger partial charge is 0.491 e. The zero-order valence-corrected chi connectivity index (χ0v) is 24.8. The summed E-state index contributed by atoms with van der Waals surface area (Å²) in [4.78, 5) is 85.9. The summed E-state index contributed by atoms with van der Waals surface area (Å²) in [6.45, 7) is 5.23. The highest BCUT2D eigenvalue weighted by molar-refractivity contribution is 6.01. The molecule has 0 aliphatic carbocycles. The predicted molar refractivity (Wildman–Crippen MR) is 157 cm³/mol. The lowest BCUT2D eigenvalue weighted by Crippen LogP contribution is -2.58. The second kappa shape index (κ2) is 16.0. The van der Waals surface area contributed by atoms with E-state index in [0.717, 1.165) is 0 Å². The van der Waals surface area contributed by atoms with E-state index in [0.29, 0.717) is 12.1 Å². The van der Waals surface area contributed by atoms with E-state index >= 15 is 0 Å². The highest BCUT2D eigenvalue weighted by atomic mass is 16.5. The van der Waals surface area contributed by atoms with Crippen molar-refractivity contribution >= 4 is 35.4 Å². The first kappa shape index (κ1) is 33.4. The van der Waals surface area contributed by atoms with Gasteiger partial charge in [-0.3, -0.25) is 38.7 Å². The Kier molecular flexibility index (Phi) is 12.1. The number of ether oxygens (including phenoxy) is 1. The molecule has 15 nitrogen and oxygen atoms in total. The molecule has 1 aromatic carbocycles. The Labute approximate surface area is 254 Å². The molecule has 3 rings (SSSR count). The molecule has 7 N–H and O–H groups in total. The summed E-state index contributed by atoms with van der Waals surface area (Å²) in [6.07, 6.45) is 3.76. The van der Waals surface area contributed by atoms with Crippen LogP contribution in [0.1, 0.15) is 49.7 Å². The molecule has 6 amide bonds. The van der Waals surface area contributed by atoms with Crippen LogP contribution in [0, 0.1) is 5.92 Å². The third-order valence-electron chi connectivity index (χ3n) is 6.62. The molecule has 236 valence electrons. The van der Waals surface area contributed by atoms with Gasteiger partial charge in [0, 0.05) is 31.6 Å². The molecular weight excluding hydrogens is 572 g/mol. The van der Waals surface area contributed by atoms with Gasteiger partial charge in [0.15, 0.2) is 0 Å². The number of primary amides is 1. The zero-order valence-electron chi connectivity index (χ0n) is 24.8. The molecule has 4 atom stereocenters. The van der Waals surface area contributed by atoms with E-state index in [9.17, 15) is 28.8 Å². The molecule has 44 heavy (non-hydrogen) atoms. The monoisotopic (exact) mass is 610 g/mol. The van der Waals surface area contributed by atoms with Gasteiger partial charge in [-0.15, -0.1) is 0 Å². The maximum Gasteiger partial charge on any atom is 0.255 e. The van der Waals surface area contributed by atoms with Crippen LogP contribution >= 0.6 is 0 Å². The average Bonchev–Trinajstić information content (AvgIpc) is 2.97. The van der Waals surface area contributed by atoms with E-state index in [1.807, 2.05) is 0 Å². The third kappa shape index (κ3) is 10.0. The van der Waals surface area contributed by atoms with E-state index in [4.69, 9.17) is 10.5 Å². The number of aromatic nitrogens is 2. The van der Waals surface area contributed by atoms with Crippen LogP contribution in [0.25, 0.3) is 0 Å². The summed E-state index contributed by atoms with van der Waals surface area (Å²) in [6, 6.07) is 1.94. The Morgan fingerprint density at radius 2 is 1.80 bits per heavy atom. The summed E-state index contributed by atoms with van der Waals surface area (Å²) in [5.41, 5.74) is 6.05. The SMILES string of the molecule is CC(C)[C@H]1NC(=O)[C@H](CC(N)=O)NC(=O)C[C@@H](C(=O)NCCc2cnccn2)NC(=O)c2ccccc2OC[C@H](C)NC1=O. The molecule has 2 heterocycles. The predicted octanol–water partition coefficient (Wildman–Crippen LogP) is -1.28. The second-order valence-corrected chi connectivity index (χ2v) is 10.7. The maximum atomic E-state index is 13.4. The van der Waals surface area contributed by atoms with Crippen LogP contribution in [0.2, 0.25) is 0 Å². The number of carbonyl (C=O) groups excluding carboxylic acids is 6. The van der Waals surface area contributed by atoms with Crippen LogP contribution in [0.5, 0.6) is 5.75 Å². The van der Waals surface area contributed by atoms with Gasteiger partial charge in [0.2, 0.25) is 29.5 Å². The van der Waals surface area contributed by atoms with Crippen LogP contribution in [-0.4, -0.2) is 82.7 Å². The van der Waals surface area contributed by atoms with E-state index in [1.165, 1.54) is 18.5 Å². The highest BCUT2D eigenvalue weighted by Crippen LogP contribution is 2.19. The molecule has 0 spiro atoms. The summed E-state index contributed by atoms with van der Waals surface area (Å²) < 4.78 is 5.85. The Balaban J connectivity index is 1.91. The lowest BCUT2D eigenvalue weighted by atomic mass is 10.0. The highest BCUT2D eigenvalue weighted by Gasteiger charge is 2.32. The molecule has 0 radical (unpaired) electrons. The minimum absolute atomic E-state index is 0.0224. The molecule has 0 unspecified atom stereocenters. The van der Waals surface area contributed by atoms with E-state index in [-0.39, 0.29) is 30.4 Å². The third-order valence-corrected chi connectivity index (χ3v) is 6.62. The van der Waals surface area contributed by atoms with Gasteiger partial charge in [-0.1, -0.05) is 26.0 Å². The summed E-state index contributed by atoms with van der Waals surface area (Å²) >= 11 is 0. The first-order valence-corrected chi connectivity index (χ1v) is 14.2. The van der Waals surface area contributed by atoms with Crippen LogP contribution in [-0.2, 0) is 30.4 Å². The maximum absolute atomic E-state index is 13.4. The number of hydrogen-bond donors (Lipinski definition) is 6. The fourth-order valence-electron chi connectivity index (χ4n) is 4.35. The van der Waals surface area contributed by atoms with Crippen LogP contribution in [0.3, 0.4) is 0 Å². The van der Waals surface area contributed by atoms with Gasteiger partial charge in [0.1, 0.15) is 30.5 Å².